The smallest absolute Gasteiger partial charge is 0.231 e. The fraction of sp³-hybridized carbons (Fsp3) is 0.429. The number of rotatable bonds is 7. The Morgan fingerprint density at radius 3 is 3.07 bits per heavy atom. The molecule has 1 aromatic carbocycles. The molecule has 6 nitrogen and oxygen atoms in total. The number of benzene rings is 1. The minimum absolute atomic E-state index is 0.186. The summed E-state index contributed by atoms with van der Waals surface area (Å²) in [6, 6.07) is 8.44. The molecule has 1 aliphatic heterocycles. The average molecular weight is 433 g/mol. The van der Waals surface area contributed by atoms with E-state index in [2.05, 4.69) is 40.4 Å². The number of nitrogens with two attached hydrogens (primary N) is 1. The summed E-state index contributed by atoms with van der Waals surface area (Å²) in [6.45, 7) is 2.46. The number of hydrogen-bond donors (Lipinski definition) is 1. The number of aromatic nitrogens is 2. The van der Waals surface area contributed by atoms with Gasteiger partial charge in [0.15, 0.2) is 0 Å². The highest BCUT2D eigenvalue weighted by atomic mass is 35.5. The number of para-hydroxylation sites is 1. The second-order valence-corrected chi connectivity index (χ2v) is 9.01. The minimum atomic E-state index is -0.335. The lowest BCUT2D eigenvalue weighted by Gasteiger charge is -2.26. The molecule has 0 aliphatic carbocycles. The van der Waals surface area contributed by atoms with Gasteiger partial charge in [-0.1, -0.05) is 29.8 Å². The van der Waals surface area contributed by atoms with Gasteiger partial charge in [0.1, 0.15) is 10.6 Å². The predicted molar refractivity (Wildman–Crippen MR) is 117 cm³/mol. The van der Waals surface area contributed by atoms with Gasteiger partial charge in [-0.2, -0.15) is 0 Å². The van der Waals surface area contributed by atoms with E-state index < -0.39 is 0 Å². The molecule has 1 aliphatic rings. The van der Waals surface area contributed by atoms with Gasteiger partial charge in [-0.05, 0) is 31.9 Å². The topological polar surface area (TPSA) is 73.4 Å². The quantitative estimate of drug-likeness (QED) is 0.578. The van der Waals surface area contributed by atoms with Crippen molar-refractivity contribution in [3.63, 3.8) is 0 Å². The molecule has 2 atom stereocenters. The number of nitrogens with zero attached hydrogens (tertiary/aromatic N) is 3. The molecule has 3 heterocycles. The summed E-state index contributed by atoms with van der Waals surface area (Å²) in [5, 5.41) is 4.24. The summed E-state index contributed by atoms with van der Waals surface area (Å²) in [6.07, 6.45) is 4.11. The summed E-state index contributed by atoms with van der Waals surface area (Å²) in [4.78, 5) is 17.8. The molecule has 154 valence electrons. The normalized spacial score (nSPS) is 19.8. The SMILES string of the molecule is CN(CC(N)=O)Cc1csc(-c2cn(CC3CCOC(Cl)C3)c3ccccc23)n1. The van der Waals surface area contributed by atoms with Crippen LogP contribution in [0.4, 0.5) is 0 Å². The van der Waals surface area contributed by atoms with E-state index in [1.807, 2.05) is 11.9 Å². The third kappa shape index (κ3) is 4.80. The highest BCUT2D eigenvalue weighted by Crippen LogP contribution is 2.34. The molecule has 0 spiro atoms. The van der Waals surface area contributed by atoms with Gasteiger partial charge in [0.25, 0.3) is 0 Å². The molecule has 4 rings (SSSR count). The second-order valence-electron chi connectivity index (χ2n) is 7.67. The van der Waals surface area contributed by atoms with Crippen LogP contribution in [-0.2, 0) is 22.6 Å². The van der Waals surface area contributed by atoms with E-state index in [9.17, 15) is 4.79 Å². The van der Waals surface area contributed by atoms with Gasteiger partial charge in [-0.15, -0.1) is 11.3 Å². The first-order valence-electron chi connectivity index (χ1n) is 9.74. The van der Waals surface area contributed by atoms with Crippen LogP contribution in [0.25, 0.3) is 21.5 Å². The fourth-order valence-corrected chi connectivity index (χ4v) is 5.10. The van der Waals surface area contributed by atoms with E-state index in [-0.39, 0.29) is 18.0 Å². The molecular weight excluding hydrogens is 408 g/mol. The number of likely N-dealkylation sites (N-methyl/N-ethyl adjacent to an activating group) is 1. The number of primary amides is 1. The first kappa shape index (κ1) is 20.3. The average Bonchev–Trinajstić information content (AvgIpc) is 3.26. The maximum Gasteiger partial charge on any atom is 0.231 e. The second kappa shape index (κ2) is 8.83. The van der Waals surface area contributed by atoms with Crippen LogP contribution in [0.1, 0.15) is 18.5 Å². The molecule has 0 saturated carbocycles. The van der Waals surface area contributed by atoms with Crippen molar-refractivity contribution in [1.82, 2.24) is 14.5 Å². The molecule has 2 unspecified atom stereocenters. The van der Waals surface area contributed by atoms with Crippen molar-refractivity contribution >= 4 is 39.7 Å². The van der Waals surface area contributed by atoms with Crippen molar-refractivity contribution in [2.45, 2.75) is 31.5 Å². The summed E-state index contributed by atoms with van der Waals surface area (Å²) in [5.41, 5.74) is 8.39. The lowest BCUT2D eigenvalue weighted by atomic mass is 10.0. The lowest BCUT2D eigenvalue weighted by Crippen LogP contribution is -2.30. The molecule has 8 heteroatoms. The van der Waals surface area contributed by atoms with Gasteiger partial charge in [0, 0.05) is 47.7 Å². The highest BCUT2D eigenvalue weighted by molar-refractivity contribution is 7.13. The molecule has 1 amide bonds. The number of ether oxygens (including phenoxy) is 1. The standard InChI is InChI=1S/C21H25ClN4O2S/c1-25(12-20(23)27)10-15-13-29-21(24-15)17-11-26(18-5-3-2-4-16(17)18)9-14-6-7-28-19(22)8-14/h2-5,11,13-14,19H,6-10,12H2,1H3,(H2,23,27). The highest BCUT2D eigenvalue weighted by Gasteiger charge is 2.22. The summed E-state index contributed by atoms with van der Waals surface area (Å²) >= 11 is 7.83. The maximum absolute atomic E-state index is 11.1. The van der Waals surface area contributed by atoms with Gasteiger partial charge < -0.3 is 15.0 Å². The third-order valence-electron chi connectivity index (χ3n) is 5.23. The number of carbonyl (C=O) groups excluding carboxylic acids is 1. The van der Waals surface area contributed by atoms with Crippen molar-refractivity contribution < 1.29 is 9.53 Å². The Morgan fingerprint density at radius 1 is 1.45 bits per heavy atom. The van der Waals surface area contributed by atoms with Crippen LogP contribution >= 0.6 is 22.9 Å². The fourth-order valence-electron chi connectivity index (χ4n) is 3.92. The Kier molecular flexibility index (Phi) is 6.20. The van der Waals surface area contributed by atoms with Crippen LogP contribution in [0.3, 0.4) is 0 Å². The third-order valence-corrected chi connectivity index (χ3v) is 6.46. The summed E-state index contributed by atoms with van der Waals surface area (Å²) in [7, 11) is 1.87. The van der Waals surface area contributed by atoms with E-state index in [1.165, 1.54) is 10.9 Å². The largest absolute Gasteiger partial charge is 0.369 e. The number of amides is 1. The molecule has 2 aromatic heterocycles. The van der Waals surface area contributed by atoms with Crippen molar-refractivity contribution in [2.75, 3.05) is 20.2 Å². The lowest BCUT2D eigenvalue weighted by molar-refractivity contribution is -0.118. The van der Waals surface area contributed by atoms with Crippen LogP contribution in [0.5, 0.6) is 0 Å². The van der Waals surface area contributed by atoms with Crippen molar-refractivity contribution in [3.05, 3.63) is 41.5 Å². The number of thiazole rings is 1. The molecular formula is C21H25ClN4O2S. The van der Waals surface area contributed by atoms with Crippen molar-refractivity contribution in [3.8, 4) is 10.6 Å². The number of fused-ring (bicyclic) bond motifs is 1. The molecule has 29 heavy (non-hydrogen) atoms. The molecule has 2 N–H and O–H groups in total. The molecule has 1 fully saturated rings. The van der Waals surface area contributed by atoms with Crippen molar-refractivity contribution in [2.24, 2.45) is 11.7 Å². The first-order chi connectivity index (χ1) is 14.0. The van der Waals surface area contributed by atoms with E-state index in [0.29, 0.717) is 12.5 Å². The first-order valence-corrected chi connectivity index (χ1v) is 11.1. The molecule has 0 radical (unpaired) electrons. The van der Waals surface area contributed by atoms with E-state index >= 15 is 0 Å². The number of hydrogen-bond acceptors (Lipinski definition) is 5. The van der Waals surface area contributed by atoms with E-state index in [0.717, 1.165) is 42.3 Å². The zero-order chi connectivity index (χ0) is 20.4. The Labute approximate surface area is 179 Å². The van der Waals surface area contributed by atoms with Crippen molar-refractivity contribution in [1.29, 1.82) is 0 Å². The van der Waals surface area contributed by atoms with Crippen LogP contribution in [0.2, 0.25) is 0 Å². The summed E-state index contributed by atoms with van der Waals surface area (Å²) < 4.78 is 7.81. The van der Waals surface area contributed by atoms with Crippen LogP contribution in [-0.4, -0.2) is 46.1 Å². The Hall–Kier alpha value is -1.93. The van der Waals surface area contributed by atoms with Gasteiger partial charge in [0.05, 0.1) is 12.2 Å². The Morgan fingerprint density at radius 2 is 2.28 bits per heavy atom. The zero-order valence-electron chi connectivity index (χ0n) is 16.4. The summed E-state index contributed by atoms with van der Waals surface area (Å²) in [5.74, 6) is 0.169. The van der Waals surface area contributed by atoms with Gasteiger partial charge >= 0.3 is 0 Å². The minimum Gasteiger partial charge on any atom is -0.369 e. The molecule has 1 saturated heterocycles. The van der Waals surface area contributed by atoms with Gasteiger partial charge in [-0.3, -0.25) is 9.69 Å². The van der Waals surface area contributed by atoms with Crippen LogP contribution < -0.4 is 5.73 Å². The zero-order valence-corrected chi connectivity index (χ0v) is 18.0. The molecule has 3 aromatic rings. The predicted octanol–water partition coefficient (Wildman–Crippen LogP) is 3.67. The number of carbonyl (C=O) groups is 1. The van der Waals surface area contributed by atoms with Crippen LogP contribution in [0, 0.1) is 5.92 Å². The Bertz CT molecular complexity index is 1000. The maximum atomic E-state index is 11.1. The number of halogens is 1. The number of alkyl halides is 1. The van der Waals surface area contributed by atoms with E-state index in [4.69, 9.17) is 27.1 Å². The van der Waals surface area contributed by atoms with E-state index in [1.54, 1.807) is 11.3 Å². The molecule has 0 bridgehead atoms. The van der Waals surface area contributed by atoms with Gasteiger partial charge in [0.2, 0.25) is 5.91 Å². The van der Waals surface area contributed by atoms with Gasteiger partial charge in [-0.25, -0.2) is 4.98 Å². The van der Waals surface area contributed by atoms with Crippen LogP contribution in [0.15, 0.2) is 35.8 Å². The Balaban J connectivity index is 1.59. The monoisotopic (exact) mass is 432 g/mol.